The minimum atomic E-state index is 1.12. The molecule has 0 aliphatic heterocycles. The zero-order valence-corrected chi connectivity index (χ0v) is 29.3. The minimum absolute atomic E-state index is 1.12. The molecule has 0 N–H and O–H groups in total. The van der Waals surface area contributed by atoms with Crippen LogP contribution in [-0.4, -0.2) is 37.2 Å². The molecule has 2 nitrogen and oxygen atoms in total. The van der Waals surface area contributed by atoms with E-state index in [-0.39, 0.29) is 0 Å². The summed E-state index contributed by atoms with van der Waals surface area (Å²) in [7, 11) is 4.44. The van der Waals surface area contributed by atoms with Crippen molar-refractivity contribution in [1.82, 2.24) is 10.0 Å². The van der Waals surface area contributed by atoms with Crippen LogP contribution < -0.4 is 0 Å². The third-order valence-corrected chi connectivity index (χ3v) is 8.30. The Balaban J connectivity index is 3.50. The van der Waals surface area contributed by atoms with Gasteiger partial charge in [0.2, 0.25) is 0 Å². The number of hydrogen-bond donors (Lipinski definition) is 0. The molecule has 0 saturated heterocycles. The molecule has 0 aromatic carbocycles. The Kier molecular flexibility index (Phi) is 35.1. The predicted molar refractivity (Wildman–Crippen MR) is 193 cm³/mol. The van der Waals surface area contributed by atoms with Crippen molar-refractivity contribution in [3.05, 3.63) is 48.6 Å². The van der Waals surface area contributed by atoms with E-state index in [0.29, 0.717) is 0 Å². The molecule has 0 spiro atoms. The second kappa shape index (κ2) is 36.1. The van der Waals surface area contributed by atoms with Crippen LogP contribution in [-0.2, 0) is 0 Å². The van der Waals surface area contributed by atoms with Crippen molar-refractivity contribution in [3.63, 3.8) is 0 Å². The first kappa shape index (κ1) is 40.9. The predicted octanol–water partition coefficient (Wildman–Crippen LogP) is 13.2. The van der Waals surface area contributed by atoms with Gasteiger partial charge in [0.1, 0.15) is 0 Å². The van der Waals surface area contributed by atoms with Crippen LogP contribution in [0.1, 0.15) is 181 Å². The average molecular weight is 585 g/mol. The molecular formula is C40H76N2. The van der Waals surface area contributed by atoms with Gasteiger partial charge >= 0.3 is 0 Å². The van der Waals surface area contributed by atoms with Crippen molar-refractivity contribution >= 4 is 0 Å². The number of rotatable bonds is 33. The van der Waals surface area contributed by atoms with Crippen LogP contribution >= 0.6 is 0 Å². The molecule has 0 amide bonds. The van der Waals surface area contributed by atoms with Crippen molar-refractivity contribution in [2.24, 2.45) is 0 Å². The molecule has 0 saturated carbocycles. The van der Waals surface area contributed by atoms with Gasteiger partial charge < -0.3 is 0 Å². The fourth-order valence-electron chi connectivity index (χ4n) is 5.43. The van der Waals surface area contributed by atoms with E-state index < -0.39 is 0 Å². The second-order valence-corrected chi connectivity index (χ2v) is 12.7. The number of nitrogens with zero attached hydrogens (tertiary/aromatic N) is 2. The van der Waals surface area contributed by atoms with E-state index in [1.54, 1.807) is 0 Å². The summed E-state index contributed by atoms with van der Waals surface area (Å²) >= 11 is 0. The standard InChI is InChI=1S/C40H76N2/c1-5-7-9-11-13-15-17-19-21-23-25-27-29-31-33-35-37-39-42(41(3)4)40-38-36-34-32-30-28-26-24-22-20-18-16-14-12-10-8-6-2/h13-16,19-22H,5-12,17-18,23-40H2,1-4H3/b15-13-,16-14-,21-19-,22-20-. The summed E-state index contributed by atoms with van der Waals surface area (Å²) in [6.07, 6.45) is 53.7. The Labute approximate surface area is 266 Å². The van der Waals surface area contributed by atoms with Crippen LogP contribution in [0.3, 0.4) is 0 Å². The lowest BCUT2D eigenvalue weighted by Crippen LogP contribution is -2.38. The highest BCUT2D eigenvalue weighted by molar-refractivity contribution is 4.93. The highest BCUT2D eigenvalue weighted by Gasteiger charge is 2.06. The Morgan fingerprint density at radius 1 is 0.333 bits per heavy atom. The van der Waals surface area contributed by atoms with Gasteiger partial charge in [-0.3, -0.25) is 0 Å². The van der Waals surface area contributed by atoms with Crippen LogP contribution in [0, 0.1) is 0 Å². The smallest absolute Gasteiger partial charge is 0.0133 e. The summed E-state index contributed by atoms with van der Waals surface area (Å²) in [5, 5.41) is 4.89. The maximum Gasteiger partial charge on any atom is 0.0133 e. The maximum absolute atomic E-state index is 2.57. The fraction of sp³-hybridized carbons (Fsp3) is 0.800. The van der Waals surface area contributed by atoms with Gasteiger partial charge in [0.15, 0.2) is 0 Å². The van der Waals surface area contributed by atoms with E-state index in [4.69, 9.17) is 0 Å². The van der Waals surface area contributed by atoms with Crippen LogP contribution in [0.15, 0.2) is 48.6 Å². The quantitative estimate of drug-likeness (QED) is 0.0430. The maximum atomic E-state index is 2.57. The molecule has 0 atom stereocenters. The molecule has 0 aromatic heterocycles. The largest absolute Gasteiger partial charge is 0.248 e. The number of hydrogen-bond acceptors (Lipinski definition) is 2. The van der Waals surface area contributed by atoms with Crippen molar-refractivity contribution in [2.75, 3.05) is 27.2 Å². The van der Waals surface area contributed by atoms with Gasteiger partial charge in [-0.25, -0.2) is 10.0 Å². The molecule has 0 aliphatic rings. The summed E-state index contributed by atoms with van der Waals surface area (Å²) in [6.45, 7) is 7.00. The first-order chi connectivity index (χ1) is 20.7. The Morgan fingerprint density at radius 3 is 0.929 bits per heavy atom. The molecule has 0 bridgehead atoms. The number of hydrazine groups is 1. The molecular weight excluding hydrogens is 508 g/mol. The summed E-state index contributed by atoms with van der Waals surface area (Å²) in [6, 6.07) is 0. The minimum Gasteiger partial charge on any atom is -0.248 e. The van der Waals surface area contributed by atoms with E-state index in [2.05, 4.69) is 86.6 Å². The van der Waals surface area contributed by atoms with Crippen molar-refractivity contribution in [3.8, 4) is 0 Å². The van der Waals surface area contributed by atoms with Gasteiger partial charge in [-0.15, -0.1) is 0 Å². The zero-order valence-electron chi connectivity index (χ0n) is 29.3. The van der Waals surface area contributed by atoms with Gasteiger partial charge in [0.05, 0.1) is 0 Å². The Hall–Kier alpha value is -1.12. The molecule has 0 radical (unpaired) electrons. The van der Waals surface area contributed by atoms with Gasteiger partial charge in [0.25, 0.3) is 0 Å². The van der Waals surface area contributed by atoms with Crippen LogP contribution in [0.4, 0.5) is 0 Å². The SMILES string of the molecule is CCCCC/C=C\C/C=C\CCCCCCCCCN(CCCCCCCCC/C=C\C/C=C\CCCCC)N(C)C. The van der Waals surface area contributed by atoms with E-state index in [1.165, 1.54) is 167 Å². The summed E-state index contributed by atoms with van der Waals surface area (Å²) in [5.41, 5.74) is 0. The van der Waals surface area contributed by atoms with Gasteiger partial charge in [-0.2, -0.15) is 0 Å². The van der Waals surface area contributed by atoms with Gasteiger partial charge in [-0.1, -0.05) is 152 Å². The van der Waals surface area contributed by atoms with E-state index in [1.807, 2.05) is 0 Å². The number of unbranched alkanes of at least 4 members (excludes halogenated alkanes) is 20. The Bertz CT molecular complexity index is 565. The first-order valence-electron chi connectivity index (χ1n) is 18.7. The molecule has 0 unspecified atom stereocenters. The van der Waals surface area contributed by atoms with Gasteiger partial charge in [0, 0.05) is 27.2 Å². The normalized spacial score (nSPS) is 12.6. The topological polar surface area (TPSA) is 6.48 Å². The molecule has 0 fully saturated rings. The van der Waals surface area contributed by atoms with Crippen LogP contribution in [0.2, 0.25) is 0 Å². The van der Waals surface area contributed by atoms with E-state index in [9.17, 15) is 0 Å². The van der Waals surface area contributed by atoms with Gasteiger partial charge in [-0.05, 0) is 77.0 Å². The second-order valence-electron chi connectivity index (χ2n) is 12.7. The molecule has 2 heteroatoms. The van der Waals surface area contributed by atoms with Crippen LogP contribution in [0.5, 0.6) is 0 Å². The first-order valence-corrected chi connectivity index (χ1v) is 18.7. The molecule has 0 heterocycles. The lowest BCUT2D eigenvalue weighted by Gasteiger charge is -2.29. The van der Waals surface area contributed by atoms with Crippen molar-refractivity contribution in [2.45, 2.75) is 181 Å². The monoisotopic (exact) mass is 585 g/mol. The third-order valence-electron chi connectivity index (χ3n) is 8.30. The van der Waals surface area contributed by atoms with E-state index >= 15 is 0 Å². The molecule has 0 aromatic rings. The van der Waals surface area contributed by atoms with Crippen molar-refractivity contribution < 1.29 is 0 Å². The number of allylic oxidation sites excluding steroid dienone is 8. The molecule has 0 rings (SSSR count). The fourth-order valence-corrected chi connectivity index (χ4v) is 5.43. The zero-order chi connectivity index (χ0) is 30.6. The van der Waals surface area contributed by atoms with Crippen molar-refractivity contribution in [1.29, 1.82) is 0 Å². The molecule has 246 valence electrons. The third kappa shape index (κ3) is 33.4. The molecule has 42 heavy (non-hydrogen) atoms. The summed E-state index contributed by atoms with van der Waals surface area (Å²) in [5.74, 6) is 0. The average Bonchev–Trinajstić information content (AvgIpc) is 2.99. The summed E-state index contributed by atoms with van der Waals surface area (Å²) < 4.78 is 0. The molecule has 0 aliphatic carbocycles. The lowest BCUT2D eigenvalue weighted by molar-refractivity contribution is 0.0216. The van der Waals surface area contributed by atoms with Crippen LogP contribution in [0.25, 0.3) is 0 Å². The Morgan fingerprint density at radius 2 is 0.619 bits per heavy atom. The lowest BCUT2D eigenvalue weighted by atomic mass is 10.1. The summed E-state index contributed by atoms with van der Waals surface area (Å²) in [4.78, 5) is 0. The highest BCUT2D eigenvalue weighted by atomic mass is 15.6. The highest BCUT2D eigenvalue weighted by Crippen LogP contribution is 2.12. The van der Waals surface area contributed by atoms with E-state index in [0.717, 1.165) is 12.8 Å².